The molecule has 4 nitrogen and oxygen atoms in total. The van der Waals surface area contributed by atoms with Crippen molar-refractivity contribution in [3.8, 4) is 22.6 Å². The second-order valence-corrected chi connectivity index (χ2v) is 4.33. The third kappa shape index (κ3) is 1.97. The van der Waals surface area contributed by atoms with Gasteiger partial charge in [0.25, 0.3) is 0 Å². The van der Waals surface area contributed by atoms with Crippen LogP contribution in [0.3, 0.4) is 0 Å². The lowest BCUT2D eigenvalue weighted by Gasteiger charge is -2.13. The van der Waals surface area contributed by atoms with Crippen molar-refractivity contribution in [1.29, 1.82) is 0 Å². The molecule has 2 aromatic carbocycles. The van der Waals surface area contributed by atoms with Crippen LogP contribution in [0.1, 0.15) is 5.56 Å². The summed E-state index contributed by atoms with van der Waals surface area (Å²) in [6.07, 6.45) is 3.42. The number of para-hydroxylation sites is 1. The molecule has 3 rings (SSSR count). The molecule has 0 atom stereocenters. The average Bonchev–Trinajstić information content (AvgIpc) is 2.93. The predicted molar refractivity (Wildman–Crippen MR) is 73.2 cm³/mol. The van der Waals surface area contributed by atoms with E-state index < -0.39 is 0 Å². The minimum atomic E-state index is 0.271. The van der Waals surface area contributed by atoms with Crippen molar-refractivity contribution in [3.63, 3.8) is 0 Å². The van der Waals surface area contributed by atoms with Crippen LogP contribution in [-0.4, -0.2) is 20.1 Å². The van der Waals surface area contributed by atoms with Gasteiger partial charge in [0.2, 0.25) is 0 Å². The number of phenolic OH excluding ortho intramolecular Hbond substituents is 1. The van der Waals surface area contributed by atoms with Gasteiger partial charge in [-0.2, -0.15) is 0 Å². The van der Waals surface area contributed by atoms with Gasteiger partial charge in [-0.3, -0.25) is 0 Å². The number of hydrogen-bond donors (Lipinski definition) is 1. The van der Waals surface area contributed by atoms with Gasteiger partial charge in [-0.25, -0.2) is 4.68 Å². The molecular formula is C15H13N3O. The van der Waals surface area contributed by atoms with Gasteiger partial charge in [-0.1, -0.05) is 35.5 Å². The number of aromatic hydroxyl groups is 1. The minimum absolute atomic E-state index is 0.271. The fourth-order valence-corrected chi connectivity index (χ4v) is 2.22. The zero-order valence-electron chi connectivity index (χ0n) is 10.5. The lowest BCUT2D eigenvalue weighted by Crippen LogP contribution is -1.98. The molecule has 1 heterocycles. The first-order chi connectivity index (χ1) is 9.27. The third-order valence-electron chi connectivity index (χ3n) is 3.09. The number of hydrogen-bond acceptors (Lipinski definition) is 3. The van der Waals surface area contributed by atoms with Gasteiger partial charge >= 0.3 is 0 Å². The van der Waals surface area contributed by atoms with Crippen LogP contribution in [0.15, 0.2) is 54.9 Å². The minimum Gasteiger partial charge on any atom is -0.507 e. The van der Waals surface area contributed by atoms with Crippen LogP contribution in [0.4, 0.5) is 0 Å². The summed E-state index contributed by atoms with van der Waals surface area (Å²) in [4.78, 5) is 0. The molecule has 0 fully saturated rings. The highest BCUT2D eigenvalue weighted by Crippen LogP contribution is 2.35. The van der Waals surface area contributed by atoms with Crippen LogP contribution in [-0.2, 0) is 0 Å². The van der Waals surface area contributed by atoms with Crippen molar-refractivity contribution in [2.45, 2.75) is 6.92 Å². The van der Waals surface area contributed by atoms with Gasteiger partial charge in [0.05, 0.1) is 18.1 Å². The lowest BCUT2D eigenvalue weighted by molar-refractivity contribution is 0.477. The van der Waals surface area contributed by atoms with Gasteiger partial charge in [-0.15, -0.1) is 5.10 Å². The van der Waals surface area contributed by atoms with Gasteiger partial charge in [0.15, 0.2) is 0 Å². The standard InChI is InChI=1S/C15H13N3O/c1-11-5-4-8-14(19)15(11)12-6-2-3-7-13(12)18-10-9-16-17-18/h2-10,19H,1H3. The molecule has 19 heavy (non-hydrogen) atoms. The van der Waals surface area contributed by atoms with Crippen LogP contribution in [0, 0.1) is 6.92 Å². The summed E-state index contributed by atoms with van der Waals surface area (Å²) in [5.41, 5.74) is 3.68. The molecule has 0 saturated carbocycles. The Morgan fingerprint density at radius 1 is 1.05 bits per heavy atom. The largest absolute Gasteiger partial charge is 0.507 e. The Balaban J connectivity index is 2.27. The Hall–Kier alpha value is -2.62. The van der Waals surface area contributed by atoms with E-state index in [-0.39, 0.29) is 5.75 Å². The van der Waals surface area contributed by atoms with E-state index in [9.17, 15) is 5.11 Å². The van der Waals surface area contributed by atoms with Crippen molar-refractivity contribution in [3.05, 3.63) is 60.4 Å². The Morgan fingerprint density at radius 3 is 2.63 bits per heavy atom. The van der Waals surface area contributed by atoms with E-state index in [1.54, 1.807) is 23.1 Å². The topological polar surface area (TPSA) is 50.9 Å². The second kappa shape index (κ2) is 4.57. The number of benzene rings is 2. The summed E-state index contributed by atoms with van der Waals surface area (Å²) in [5.74, 6) is 0.271. The highest BCUT2D eigenvalue weighted by atomic mass is 16.3. The van der Waals surface area contributed by atoms with Gasteiger partial charge in [0, 0.05) is 11.1 Å². The van der Waals surface area contributed by atoms with E-state index >= 15 is 0 Å². The molecule has 0 spiro atoms. The molecule has 1 aromatic heterocycles. The van der Waals surface area contributed by atoms with E-state index in [0.717, 1.165) is 22.4 Å². The molecule has 0 aliphatic carbocycles. The van der Waals surface area contributed by atoms with Crippen molar-refractivity contribution >= 4 is 0 Å². The lowest BCUT2D eigenvalue weighted by atomic mass is 9.98. The van der Waals surface area contributed by atoms with Crippen molar-refractivity contribution in [1.82, 2.24) is 15.0 Å². The highest BCUT2D eigenvalue weighted by molar-refractivity contribution is 5.79. The summed E-state index contributed by atoms with van der Waals surface area (Å²) in [6, 6.07) is 13.3. The first-order valence-electron chi connectivity index (χ1n) is 6.02. The Bertz CT molecular complexity index is 685. The van der Waals surface area contributed by atoms with Crippen LogP contribution in [0.5, 0.6) is 5.75 Å². The van der Waals surface area contributed by atoms with Crippen molar-refractivity contribution < 1.29 is 5.11 Å². The fraction of sp³-hybridized carbons (Fsp3) is 0.0667. The van der Waals surface area contributed by atoms with Crippen molar-refractivity contribution in [2.75, 3.05) is 0 Å². The molecule has 0 unspecified atom stereocenters. The SMILES string of the molecule is Cc1cccc(O)c1-c1ccccc1-n1ccnn1. The summed E-state index contributed by atoms with van der Waals surface area (Å²) < 4.78 is 1.70. The zero-order valence-corrected chi connectivity index (χ0v) is 10.5. The Morgan fingerprint density at radius 2 is 1.89 bits per heavy atom. The number of phenols is 1. The Kier molecular flexibility index (Phi) is 2.76. The predicted octanol–water partition coefficient (Wildman–Crippen LogP) is 2.95. The molecule has 4 heteroatoms. The summed E-state index contributed by atoms with van der Waals surface area (Å²) in [7, 11) is 0. The van der Waals surface area contributed by atoms with Crippen LogP contribution in [0.25, 0.3) is 16.8 Å². The number of rotatable bonds is 2. The van der Waals surface area contributed by atoms with Gasteiger partial charge in [-0.05, 0) is 24.6 Å². The van der Waals surface area contributed by atoms with E-state index in [2.05, 4.69) is 10.3 Å². The van der Waals surface area contributed by atoms with E-state index in [4.69, 9.17) is 0 Å². The van der Waals surface area contributed by atoms with Crippen molar-refractivity contribution in [2.24, 2.45) is 0 Å². The second-order valence-electron chi connectivity index (χ2n) is 4.33. The smallest absolute Gasteiger partial charge is 0.123 e. The van der Waals surface area contributed by atoms with Crippen LogP contribution >= 0.6 is 0 Å². The molecule has 3 aromatic rings. The van der Waals surface area contributed by atoms with Gasteiger partial charge < -0.3 is 5.11 Å². The number of aryl methyl sites for hydroxylation is 1. The van der Waals surface area contributed by atoms with Crippen LogP contribution < -0.4 is 0 Å². The maximum atomic E-state index is 10.1. The molecule has 0 saturated heterocycles. The van der Waals surface area contributed by atoms with E-state index in [1.165, 1.54) is 0 Å². The quantitative estimate of drug-likeness (QED) is 0.761. The molecule has 0 aliphatic rings. The maximum absolute atomic E-state index is 10.1. The first kappa shape index (κ1) is 11.5. The monoisotopic (exact) mass is 251 g/mol. The number of aromatic nitrogens is 3. The van der Waals surface area contributed by atoms with E-state index in [1.807, 2.05) is 43.3 Å². The molecular weight excluding hydrogens is 238 g/mol. The highest BCUT2D eigenvalue weighted by Gasteiger charge is 2.12. The Labute approximate surface area is 111 Å². The van der Waals surface area contributed by atoms with Crippen LogP contribution in [0.2, 0.25) is 0 Å². The molecule has 0 bridgehead atoms. The molecule has 94 valence electrons. The molecule has 0 aliphatic heterocycles. The van der Waals surface area contributed by atoms with E-state index in [0.29, 0.717) is 0 Å². The molecule has 1 N–H and O–H groups in total. The normalized spacial score (nSPS) is 10.6. The fourth-order valence-electron chi connectivity index (χ4n) is 2.22. The molecule has 0 radical (unpaired) electrons. The summed E-state index contributed by atoms with van der Waals surface area (Å²) in [6.45, 7) is 1.98. The zero-order chi connectivity index (χ0) is 13.2. The number of nitrogens with zero attached hydrogens (tertiary/aromatic N) is 3. The van der Waals surface area contributed by atoms with Gasteiger partial charge in [0.1, 0.15) is 5.75 Å². The third-order valence-corrected chi connectivity index (χ3v) is 3.09. The summed E-state index contributed by atoms with van der Waals surface area (Å²) in [5, 5.41) is 18.0. The molecule has 0 amide bonds. The first-order valence-corrected chi connectivity index (χ1v) is 6.02. The maximum Gasteiger partial charge on any atom is 0.123 e. The average molecular weight is 251 g/mol. The summed E-state index contributed by atoms with van der Waals surface area (Å²) >= 11 is 0.